The van der Waals surface area contributed by atoms with Gasteiger partial charge in [-0.1, -0.05) is 33.2 Å². The van der Waals surface area contributed by atoms with Crippen LogP contribution in [0.15, 0.2) is 33.3 Å². The second-order valence-electron chi connectivity index (χ2n) is 5.12. The molecule has 0 bridgehead atoms. The van der Waals surface area contributed by atoms with Gasteiger partial charge in [-0.2, -0.15) is 5.10 Å². The minimum absolute atomic E-state index is 0.258. The highest BCUT2D eigenvalue weighted by Crippen LogP contribution is 2.26. The van der Waals surface area contributed by atoms with Gasteiger partial charge < -0.3 is 4.52 Å². The van der Waals surface area contributed by atoms with Crippen LogP contribution in [0.1, 0.15) is 11.3 Å². The van der Waals surface area contributed by atoms with Gasteiger partial charge in [0, 0.05) is 16.1 Å². The standard InChI is InChI=1S/C15H13BrF2N4O/c1-8-3-4-10(6-11(8)16)14-19-15(12-5-9(2)23-21-12)22(20-14)7-13(17)18/h3-6,13H,7H2,1-2H3. The maximum absolute atomic E-state index is 12.8. The summed E-state index contributed by atoms with van der Waals surface area (Å²) in [5, 5.41) is 8.04. The van der Waals surface area contributed by atoms with Gasteiger partial charge in [0.15, 0.2) is 17.3 Å². The Bertz CT molecular complexity index is 844. The fourth-order valence-corrected chi connectivity index (χ4v) is 2.49. The van der Waals surface area contributed by atoms with Crippen molar-refractivity contribution in [3.05, 3.63) is 40.1 Å². The summed E-state index contributed by atoms with van der Waals surface area (Å²) >= 11 is 3.45. The molecule has 0 amide bonds. The Hall–Kier alpha value is -2.09. The number of aryl methyl sites for hydroxylation is 2. The number of nitrogens with zero attached hydrogens (tertiary/aromatic N) is 4. The first-order valence-corrected chi connectivity index (χ1v) is 7.66. The van der Waals surface area contributed by atoms with E-state index in [1.54, 1.807) is 13.0 Å². The lowest BCUT2D eigenvalue weighted by Crippen LogP contribution is -2.10. The fraction of sp³-hybridized carbons (Fsp3) is 0.267. The van der Waals surface area contributed by atoms with E-state index >= 15 is 0 Å². The lowest BCUT2D eigenvalue weighted by molar-refractivity contribution is 0.122. The Morgan fingerprint density at radius 3 is 2.65 bits per heavy atom. The molecule has 0 unspecified atom stereocenters. The van der Waals surface area contributed by atoms with Crippen LogP contribution in [-0.4, -0.2) is 26.3 Å². The monoisotopic (exact) mass is 382 g/mol. The third-order valence-corrected chi connectivity index (χ3v) is 4.12. The van der Waals surface area contributed by atoms with Crippen LogP contribution < -0.4 is 0 Å². The molecule has 8 heteroatoms. The second-order valence-corrected chi connectivity index (χ2v) is 5.97. The van der Waals surface area contributed by atoms with Crippen molar-refractivity contribution in [2.45, 2.75) is 26.8 Å². The van der Waals surface area contributed by atoms with Gasteiger partial charge in [-0.25, -0.2) is 18.4 Å². The molecule has 2 heterocycles. The summed E-state index contributed by atoms with van der Waals surface area (Å²) < 4.78 is 32.7. The van der Waals surface area contributed by atoms with Crippen molar-refractivity contribution in [1.82, 2.24) is 19.9 Å². The molecule has 5 nitrogen and oxygen atoms in total. The summed E-state index contributed by atoms with van der Waals surface area (Å²) in [6.07, 6.45) is -2.54. The van der Waals surface area contributed by atoms with Gasteiger partial charge in [-0.05, 0) is 25.5 Å². The molecule has 23 heavy (non-hydrogen) atoms. The zero-order valence-electron chi connectivity index (χ0n) is 12.4. The van der Waals surface area contributed by atoms with Gasteiger partial charge in [0.25, 0.3) is 6.43 Å². The Labute approximate surface area is 139 Å². The van der Waals surface area contributed by atoms with Crippen molar-refractivity contribution in [3.8, 4) is 22.9 Å². The summed E-state index contributed by atoms with van der Waals surface area (Å²) in [6, 6.07) is 7.25. The predicted octanol–water partition coefficient (Wildman–Crippen LogP) is 4.24. The highest BCUT2D eigenvalue weighted by Gasteiger charge is 2.19. The molecule has 0 N–H and O–H groups in total. The van der Waals surface area contributed by atoms with E-state index in [9.17, 15) is 8.78 Å². The molecule has 0 saturated carbocycles. The van der Waals surface area contributed by atoms with Gasteiger partial charge in [-0.15, -0.1) is 0 Å². The fourth-order valence-electron chi connectivity index (χ4n) is 2.12. The lowest BCUT2D eigenvalue weighted by atomic mass is 10.1. The largest absolute Gasteiger partial charge is 0.361 e. The van der Waals surface area contributed by atoms with E-state index < -0.39 is 13.0 Å². The number of alkyl halides is 2. The van der Waals surface area contributed by atoms with Crippen molar-refractivity contribution >= 4 is 15.9 Å². The molecule has 0 aliphatic carbocycles. The molecule has 0 spiro atoms. The van der Waals surface area contributed by atoms with Crippen molar-refractivity contribution in [3.63, 3.8) is 0 Å². The van der Waals surface area contributed by atoms with E-state index in [1.807, 2.05) is 25.1 Å². The minimum atomic E-state index is -2.54. The molecule has 0 radical (unpaired) electrons. The van der Waals surface area contributed by atoms with Crippen LogP contribution in [0.5, 0.6) is 0 Å². The van der Waals surface area contributed by atoms with Crippen LogP contribution >= 0.6 is 15.9 Å². The summed E-state index contributed by atoms with van der Waals surface area (Å²) in [6.45, 7) is 3.13. The molecule has 0 atom stereocenters. The van der Waals surface area contributed by atoms with Crippen LogP contribution in [-0.2, 0) is 6.54 Å². The summed E-state index contributed by atoms with van der Waals surface area (Å²) in [5.74, 6) is 1.20. The lowest BCUT2D eigenvalue weighted by Gasteiger charge is -2.02. The van der Waals surface area contributed by atoms with E-state index in [1.165, 1.54) is 0 Å². The first-order chi connectivity index (χ1) is 10.9. The third kappa shape index (κ3) is 3.31. The third-order valence-electron chi connectivity index (χ3n) is 3.27. The SMILES string of the molecule is Cc1cc(-c2nc(-c3ccc(C)c(Br)c3)nn2CC(F)F)no1. The number of aromatic nitrogens is 4. The van der Waals surface area contributed by atoms with Gasteiger partial charge >= 0.3 is 0 Å². The summed E-state index contributed by atoms with van der Waals surface area (Å²) in [4.78, 5) is 4.36. The number of rotatable bonds is 4. The molecule has 120 valence electrons. The minimum Gasteiger partial charge on any atom is -0.361 e. The van der Waals surface area contributed by atoms with Crippen molar-refractivity contribution in [1.29, 1.82) is 0 Å². The average molecular weight is 383 g/mol. The maximum atomic E-state index is 12.8. The molecule has 2 aromatic heterocycles. The van der Waals surface area contributed by atoms with E-state index in [4.69, 9.17) is 4.52 Å². The molecular formula is C15H13BrF2N4O. The molecule has 3 aromatic rings. The van der Waals surface area contributed by atoms with Crippen LogP contribution in [0.25, 0.3) is 22.9 Å². The maximum Gasteiger partial charge on any atom is 0.258 e. The molecular weight excluding hydrogens is 370 g/mol. The van der Waals surface area contributed by atoms with E-state index in [2.05, 4.69) is 31.2 Å². The van der Waals surface area contributed by atoms with Crippen LogP contribution in [0.2, 0.25) is 0 Å². The van der Waals surface area contributed by atoms with Crippen molar-refractivity contribution < 1.29 is 13.3 Å². The zero-order valence-corrected chi connectivity index (χ0v) is 14.0. The van der Waals surface area contributed by atoms with Crippen molar-refractivity contribution in [2.75, 3.05) is 0 Å². The van der Waals surface area contributed by atoms with Gasteiger partial charge in [0.1, 0.15) is 12.3 Å². The molecule has 0 aliphatic heterocycles. The number of halogens is 3. The molecule has 1 aromatic carbocycles. The van der Waals surface area contributed by atoms with E-state index in [0.717, 1.165) is 20.3 Å². The number of benzene rings is 1. The second kappa shape index (κ2) is 6.19. The number of hydrogen-bond donors (Lipinski definition) is 0. The Balaban J connectivity index is 2.08. The first kappa shape index (κ1) is 15.8. The molecule has 0 saturated heterocycles. The number of hydrogen-bond acceptors (Lipinski definition) is 4. The van der Waals surface area contributed by atoms with Crippen LogP contribution in [0.3, 0.4) is 0 Å². The van der Waals surface area contributed by atoms with Gasteiger partial charge in [-0.3, -0.25) is 0 Å². The zero-order chi connectivity index (χ0) is 16.6. The highest BCUT2D eigenvalue weighted by atomic mass is 79.9. The van der Waals surface area contributed by atoms with Crippen LogP contribution in [0.4, 0.5) is 8.78 Å². The van der Waals surface area contributed by atoms with E-state index in [-0.39, 0.29) is 5.82 Å². The van der Waals surface area contributed by atoms with Crippen LogP contribution in [0, 0.1) is 13.8 Å². The summed E-state index contributed by atoms with van der Waals surface area (Å²) in [7, 11) is 0. The molecule has 0 aliphatic rings. The van der Waals surface area contributed by atoms with E-state index in [0.29, 0.717) is 17.3 Å². The predicted molar refractivity (Wildman–Crippen MR) is 84.1 cm³/mol. The Kier molecular flexibility index (Phi) is 4.25. The topological polar surface area (TPSA) is 56.7 Å². The average Bonchev–Trinajstić information content (AvgIpc) is 3.08. The quantitative estimate of drug-likeness (QED) is 0.676. The molecule has 0 fully saturated rings. The first-order valence-electron chi connectivity index (χ1n) is 6.87. The van der Waals surface area contributed by atoms with Gasteiger partial charge in [0.05, 0.1) is 0 Å². The van der Waals surface area contributed by atoms with Crippen molar-refractivity contribution in [2.24, 2.45) is 0 Å². The Morgan fingerprint density at radius 2 is 2.04 bits per heavy atom. The molecule has 3 rings (SSSR count). The normalized spacial score (nSPS) is 11.4. The smallest absolute Gasteiger partial charge is 0.258 e. The summed E-state index contributed by atoms with van der Waals surface area (Å²) in [5.41, 5.74) is 2.18. The highest BCUT2D eigenvalue weighted by molar-refractivity contribution is 9.10. The van der Waals surface area contributed by atoms with Gasteiger partial charge in [0.2, 0.25) is 0 Å². The Morgan fingerprint density at radius 1 is 1.26 bits per heavy atom.